The van der Waals surface area contributed by atoms with Crippen LogP contribution in [0.4, 0.5) is 5.69 Å². The summed E-state index contributed by atoms with van der Waals surface area (Å²) >= 11 is 0. The van der Waals surface area contributed by atoms with Gasteiger partial charge in [-0.2, -0.15) is 4.57 Å². The van der Waals surface area contributed by atoms with Gasteiger partial charge in [0.05, 0.1) is 0 Å². The topological polar surface area (TPSA) is 33.0 Å². The molecule has 0 saturated carbocycles. The zero-order chi connectivity index (χ0) is 17.6. The van der Waals surface area contributed by atoms with Crippen molar-refractivity contribution in [1.82, 2.24) is 0 Å². The molecular formula is C22H23N2O+. The second-order valence-electron chi connectivity index (χ2n) is 6.35. The van der Waals surface area contributed by atoms with Gasteiger partial charge in [0.25, 0.3) is 5.91 Å². The third-order valence-electron chi connectivity index (χ3n) is 4.32. The third-order valence-corrected chi connectivity index (χ3v) is 4.32. The number of carbonyl (C=O) groups is 1. The van der Waals surface area contributed by atoms with Crippen LogP contribution in [0.15, 0.2) is 79.1 Å². The van der Waals surface area contributed by atoms with Gasteiger partial charge in [-0.05, 0) is 36.6 Å². The van der Waals surface area contributed by atoms with Gasteiger partial charge < -0.3 is 5.32 Å². The molecule has 0 saturated heterocycles. The molecule has 126 valence electrons. The Kier molecular flexibility index (Phi) is 5.24. The summed E-state index contributed by atoms with van der Waals surface area (Å²) in [6, 6.07) is 22.1. The molecule has 0 aliphatic rings. The molecule has 0 aliphatic heterocycles. The second-order valence-corrected chi connectivity index (χ2v) is 6.35. The van der Waals surface area contributed by atoms with Crippen LogP contribution in [0.1, 0.15) is 29.7 Å². The molecule has 1 amide bonds. The number of benzene rings is 2. The Morgan fingerprint density at radius 2 is 1.52 bits per heavy atom. The predicted octanol–water partition coefficient (Wildman–Crippen LogP) is 4.07. The van der Waals surface area contributed by atoms with Crippen LogP contribution >= 0.6 is 0 Å². The molecule has 25 heavy (non-hydrogen) atoms. The average molecular weight is 331 g/mol. The summed E-state index contributed by atoms with van der Waals surface area (Å²) in [7, 11) is 0. The van der Waals surface area contributed by atoms with Crippen LogP contribution in [0.25, 0.3) is 0 Å². The average Bonchev–Trinajstić information content (AvgIpc) is 2.64. The van der Waals surface area contributed by atoms with Crippen LogP contribution in [0.2, 0.25) is 0 Å². The first-order valence-corrected chi connectivity index (χ1v) is 8.53. The number of aromatic nitrogens is 1. The molecule has 1 atom stereocenters. The molecule has 1 heterocycles. The number of pyridine rings is 1. The quantitative estimate of drug-likeness (QED) is 0.702. The van der Waals surface area contributed by atoms with Crippen molar-refractivity contribution in [3.8, 4) is 0 Å². The summed E-state index contributed by atoms with van der Waals surface area (Å²) in [5.41, 5.74) is 4.51. The Labute approximate surface area is 149 Å². The van der Waals surface area contributed by atoms with Crippen molar-refractivity contribution >= 4 is 11.6 Å². The minimum absolute atomic E-state index is 0.0235. The Bertz CT molecular complexity index is 824. The van der Waals surface area contributed by atoms with E-state index in [4.69, 9.17) is 0 Å². The summed E-state index contributed by atoms with van der Waals surface area (Å²) in [6.45, 7) is 3.93. The number of hydrogen-bond donors (Lipinski definition) is 1. The molecule has 0 unspecified atom stereocenters. The number of nitrogens with zero attached hydrogens (tertiary/aromatic N) is 1. The molecule has 3 aromatic rings. The van der Waals surface area contributed by atoms with Crippen LogP contribution in [0.3, 0.4) is 0 Å². The fraction of sp³-hybridized carbons (Fsp3) is 0.182. The highest BCUT2D eigenvalue weighted by molar-refractivity contribution is 5.92. The standard InChI is InChI=1S/C22H22N2O/c1-17-8-10-21(11-9-17)23-22(25)18(2)24-14-12-20(13-15-24)16-19-6-4-3-5-7-19/h3-15,18H,16H2,1-2H3/p+1/t18-/m1/s1. The molecule has 2 aromatic carbocycles. The van der Waals surface area contributed by atoms with Crippen molar-refractivity contribution in [2.45, 2.75) is 26.3 Å². The minimum atomic E-state index is -0.271. The van der Waals surface area contributed by atoms with E-state index in [0.717, 1.165) is 12.1 Å². The van der Waals surface area contributed by atoms with E-state index in [2.05, 4.69) is 41.7 Å². The smallest absolute Gasteiger partial charge is 0.293 e. The fourth-order valence-electron chi connectivity index (χ4n) is 2.70. The molecule has 0 fully saturated rings. The van der Waals surface area contributed by atoms with Crippen LogP contribution in [-0.4, -0.2) is 5.91 Å². The number of rotatable bonds is 5. The normalized spacial score (nSPS) is 11.8. The maximum atomic E-state index is 12.4. The molecule has 1 N–H and O–H groups in total. The fourth-order valence-corrected chi connectivity index (χ4v) is 2.70. The van der Waals surface area contributed by atoms with Gasteiger partial charge in [-0.25, -0.2) is 0 Å². The zero-order valence-corrected chi connectivity index (χ0v) is 14.6. The molecule has 0 radical (unpaired) electrons. The SMILES string of the molecule is Cc1ccc(NC(=O)[C@@H](C)[n+]2ccc(Cc3ccccc3)cc2)cc1. The lowest BCUT2D eigenvalue weighted by Gasteiger charge is -2.09. The van der Waals surface area contributed by atoms with Gasteiger partial charge in [0.2, 0.25) is 6.04 Å². The number of aryl methyl sites for hydroxylation is 1. The molecule has 0 aliphatic carbocycles. The number of nitrogens with one attached hydrogen (secondary N) is 1. The van der Waals surface area contributed by atoms with Crippen LogP contribution in [0, 0.1) is 6.92 Å². The lowest BCUT2D eigenvalue weighted by atomic mass is 10.1. The highest BCUT2D eigenvalue weighted by Gasteiger charge is 2.21. The first kappa shape index (κ1) is 16.9. The van der Waals surface area contributed by atoms with Crippen LogP contribution in [-0.2, 0) is 11.2 Å². The molecule has 0 spiro atoms. The maximum Gasteiger partial charge on any atom is 0.293 e. The first-order chi connectivity index (χ1) is 12.1. The first-order valence-electron chi connectivity index (χ1n) is 8.53. The van der Waals surface area contributed by atoms with E-state index in [1.807, 2.05) is 61.1 Å². The second kappa shape index (κ2) is 7.75. The summed E-state index contributed by atoms with van der Waals surface area (Å²) in [5.74, 6) is -0.0235. The van der Waals surface area contributed by atoms with Crippen LogP contribution < -0.4 is 9.88 Å². The van der Waals surface area contributed by atoms with E-state index >= 15 is 0 Å². The molecule has 3 heteroatoms. The Morgan fingerprint density at radius 1 is 0.920 bits per heavy atom. The van der Waals surface area contributed by atoms with E-state index < -0.39 is 0 Å². The lowest BCUT2D eigenvalue weighted by molar-refractivity contribution is -0.705. The van der Waals surface area contributed by atoms with Gasteiger partial charge in [-0.3, -0.25) is 4.79 Å². The Balaban J connectivity index is 1.64. The summed E-state index contributed by atoms with van der Waals surface area (Å²) < 4.78 is 1.93. The van der Waals surface area contributed by atoms with Gasteiger partial charge >= 0.3 is 0 Å². The van der Waals surface area contributed by atoms with Gasteiger partial charge in [-0.1, -0.05) is 48.0 Å². The van der Waals surface area contributed by atoms with Crippen molar-refractivity contribution in [1.29, 1.82) is 0 Å². The maximum absolute atomic E-state index is 12.4. The van der Waals surface area contributed by atoms with Gasteiger partial charge in [-0.15, -0.1) is 0 Å². The van der Waals surface area contributed by atoms with E-state index in [-0.39, 0.29) is 11.9 Å². The van der Waals surface area contributed by atoms with Crippen molar-refractivity contribution in [2.75, 3.05) is 5.32 Å². The largest absolute Gasteiger partial charge is 0.320 e. The van der Waals surface area contributed by atoms with Crippen molar-refractivity contribution < 1.29 is 9.36 Å². The predicted molar refractivity (Wildman–Crippen MR) is 100 cm³/mol. The van der Waals surface area contributed by atoms with E-state index in [0.29, 0.717) is 0 Å². The molecule has 0 bridgehead atoms. The molecule has 3 rings (SSSR count). The van der Waals surface area contributed by atoms with Crippen molar-refractivity contribution in [3.63, 3.8) is 0 Å². The third kappa shape index (κ3) is 4.54. The van der Waals surface area contributed by atoms with Crippen molar-refractivity contribution in [2.24, 2.45) is 0 Å². The Morgan fingerprint density at radius 3 is 2.16 bits per heavy atom. The highest BCUT2D eigenvalue weighted by atomic mass is 16.2. The minimum Gasteiger partial charge on any atom is -0.320 e. The molecular weight excluding hydrogens is 308 g/mol. The van der Waals surface area contributed by atoms with Gasteiger partial charge in [0.1, 0.15) is 0 Å². The van der Waals surface area contributed by atoms with Crippen molar-refractivity contribution in [3.05, 3.63) is 95.8 Å². The summed E-state index contributed by atoms with van der Waals surface area (Å²) in [4.78, 5) is 12.4. The number of amides is 1. The van der Waals surface area contributed by atoms with Crippen LogP contribution in [0.5, 0.6) is 0 Å². The van der Waals surface area contributed by atoms with E-state index in [1.165, 1.54) is 16.7 Å². The summed E-state index contributed by atoms with van der Waals surface area (Å²) in [6.07, 6.45) is 4.83. The Hall–Kier alpha value is -2.94. The highest BCUT2D eigenvalue weighted by Crippen LogP contribution is 2.11. The van der Waals surface area contributed by atoms with Gasteiger partial charge in [0, 0.05) is 24.7 Å². The monoisotopic (exact) mass is 331 g/mol. The summed E-state index contributed by atoms with van der Waals surface area (Å²) in [5, 5.41) is 2.96. The van der Waals surface area contributed by atoms with E-state index in [9.17, 15) is 4.79 Å². The lowest BCUT2D eigenvalue weighted by Crippen LogP contribution is -2.44. The molecule has 1 aromatic heterocycles. The van der Waals surface area contributed by atoms with Gasteiger partial charge in [0.15, 0.2) is 12.4 Å². The van der Waals surface area contributed by atoms with E-state index in [1.54, 1.807) is 0 Å². The molecule has 3 nitrogen and oxygen atoms in total. The number of hydrogen-bond acceptors (Lipinski definition) is 1. The number of carbonyl (C=O) groups excluding carboxylic acids is 1. The number of anilines is 1. The zero-order valence-electron chi connectivity index (χ0n) is 14.6.